The summed E-state index contributed by atoms with van der Waals surface area (Å²) in [7, 11) is 0. The van der Waals surface area contributed by atoms with Gasteiger partial charge in [-0.1, -0.05) is 5.92 Å². The number of amides is 1. The molecule has 0 aliphatic carbocycles. The average Bonchev–Trinajstić information content (AvgIpc) is 1.89. The first kappa shape index (κ1) is 8.52. The first-order valence-electron chi connectivity index (χ1n) is 1.99. The van der Waals surface area contributed by atoms with Crippen molar-refractivity contribution < 1.29 is 14.9 Å². The molecule has 1 amide bonds. The van der Waals surface area contributed by atoms with Crippen LogP contribution in [0.25, 0.3) is 0 Å². The molecule has 0 aromatic rings. The Kier molecular flexibility index (Phi) is 5.35. The van der Waals surface area contributed by atoms with Gasteiger partial charge in [-0.25, -0.2) is 4.79 Å². The summed E-state index contributed by atoms with van der Waals surface area (Å²) in [5.74, 6) is 2.53. The van der Waals surface area contributed by atoms with Crippen LogP contribution in [0.2, 0.25) is 0 Å². The van der Waals surface area contributed by atoms with E-state index in [2.05, 4.69) is 20.1 Å². The number of carbonyl (C=O) groups excluding carboxylic acids is 1. The fourth-order valence-electron chi connectivity index (χ4n) is 0.182. The molecule has 0 unspecified atom stereocenters. The lowest BCUT2D eigenvalue weighted by Crippen LogP contribution is -2.23. The zero-order chi connectivity index (χ0) is 7.11. The van der Waals surface area contributed by atoms with E-state index in [1.807, 2.05) is 22.6 Å². The van der Waals surface area contributed by atoms with Gasteiger partial charge in [0, 0.05) is 22.6 Å². The SMILES string of the molecule is O=C(NCC#CI)OO. The van der Waals surface area contributed by atoms with Crippen molar-refractivity contribution in [3.63, 3.8) is 0 Å². The second-order valence-electron chi connectivity index (χ2n) is 1.00. The third-order valence-electron chi connectivity index (χ3n) is 0.471. The normalized spacial score (nSPS) is 6.89. The van der Waals surface area contributed by atoms with E-state index < -0.39 is 6.09 Å². The maximum atomic E-state index is 10.0. The van der Waals surface area contributed by atoms with Crippen molar-refractivity contribution in [3.8, 4) is 9.85 Å². The fraction of sp³-hybridized carbons (Fsp3) is 0.250. The first-order valence-corrected chi connectivity index (χ1v) is 3.07. The van der Waals surface area contributed by atoms with Crippen LogP contribution in [0.15, 0.2) is 0 Å². The standard InChI is InChI=1S/C4H4INO3/c5-2-1-3-6-4(7)9-8/h8H,3H2,(H,6,7). The van der Waals surface area contributed by atoms with Crippen LogP contribution in [-0.4, -0.2) is 17.9 Å². The van der Waals surface area contributed by atoms with Crippen molar-refractivity contribution in [2.45, 2.75) is 0 Å². The summed E-state index contributed by atoms with van der Waals surface area (Å²) < 4.78 is 2.52. The summed E-state index contributed by atoms with van der Waals surface area (Å²) in [6.07, 6.45) is -0.894. The van der Waals surface area contributed by atoms with Gasteiger partial charge in [0.25, 0.3) is 0 Å². The summed E-state index contributed by atoms with van der Waals surface area (Å²) >= 11 is 1.83. The molecule has 0 heterocycles. The Morgan fingerprint density at radius 1 is 1.89 bits per heavy atom. The predicted octanol–water partition coefficient (Wildman–Crippen LogP) is 0.582. The maximum Gasteiger partial charge on any atom is 0.439 e. The predicted molar refractivity (Wildman–Crippen MR) is 38.9 cm³/mol. The summed E-state index contributed by atoms with van der Waals surface area (Å²) in [5.41, 5.74) is 0. The Hall–Kier alpha value is -0.480. The van der Waals surface area contributed by atoms with E-state index in [0.717, 1.165) is 0 Å². The molecule has 0 aliphatic heterocycles. The molecule has 2 N–H and O–H groups in total. The molecule has 0 aliphatic rings. The minimum atomic E-state index is -0.894. The molecule has 0 fully saturated rings. The van der Waals surface area contributed by atoms with Gasteiger partial charge in [-0.05, 0) is 3.93 Å². The Balaban J connectivity index is 3.24. The second-order valence-corrected chi connectivity index (χ2v) is 1.54. The van der Waals surface area contributed by atoms with E-state index in [-0.39, 0.29) is 6.54 Å². The molecule has 0 bridgehead atoms. The fourth-order valence-corrected chi connectivity index (χ4v) is 0.373. The summed E-state index contributed by atoms with van der Waals surface area (Å²) in [5, 5.41) is 9.82. The highest BCUT2D eigenvalue weighted by atomic mass is 127. The zero-order valence-corrected chi connectivity index (χ0v) is 6.51. The van der Waals surface area contributed by atoms with Crippen molar-refractivity contribution in [1.82, 2.24) is 5.32 Å². The number of nitrogens with one attached hydrogen (secondary N) is 1. The van der Waals surface area contributed by atoms with Gasteiger partial charge >= 0.3 is 6.09 Å². The number of hydrogen-bond acceptors (Lipinski definition) is 3. The van der Waals surface area contributed by atoms with Crippen molar-refractivity contribution in [3.05, 3.63) is 0 Å². The van der Waals surface area contributed by atoms with Crippen molar-refractivity contribution in [2.24, 2.45) is 0 Å². The van der Waals surface area contributed by atoms with Gasteiger partial charge in [0.05, 0.1) is 6.54 Å². The summed E-state index contributed by atoms with van der Waals surface area (Å²) in [6.45, 7) is 0.183. The van der Waals surface area contributed by atoms with Crippen LogP contribution in [0.4, 0.5) is 4.79 Å². The zero-order valence-electron chi connectivity index (χ0n) is 4.35. The molecule has 0 aromatic carbocycles. The molecule has 50 valence electrons. The second kappa shape index (κ2) is 5.65. The number of carbonyl (C=O) groups is 1. The molecule has 0 atom stereocenters. The molecular weight excluding hydrogens is 237 g/mol. The summed E-state index contributed by atoms with van der Waals surface area (Å²) in [4.78, 5) is 13.3. The van der Waals surface area contributed by atoms with Crippen LogP contribution in [-0.2, 0) is 4.89 Å². The maximum absolute atomic E-state index is 10.0. The topological polar surface area (TPSA) is 58.6 Å². The largest absolute Gasteiger partial charge is 0.439 e. The van der Waals surface area contributed by atoms with Crippen LogP contribution in [0.5, 0.6) is 0 Å². The minimum Gasteiger partial charge on any atom is -0.308 e. The third kappa shape index (κ3) is 5.39. The first-order chi connectivity index (χ1) is 4.31. The van der Waals surface area contributed by atoms with Gasteiger partial charge < -0.3 is 5.32 Å². The molecule has 0 aromatic heterocycles. The van der Waals surface area contributed by atoms with Crippen LogP contribution < -0.4 is 5.32 Å². The van der Waals surface area contributed by atoms with Gasteiger partial charge in [0.2, 0.25) is 0 Å². The number of halogens is 1. The quantitative estimate of drug-likeness (QED) is 0.305. The molecule has 0 saturated heterocycles. The molecule has 0 radical (unpaired) electrons. The highest BCUT2D eigenvalue weighted by Crippen LogP contribution is 1.71. The Labute approximate surface area is 65.6 Å². The summed E-state index contributed by atoms with van der Waals surface area (Å²) in [6, 6.07) is 0. The van der Waals surface area contributed by atoms with E-state index >= 15 is 0 Å². The molecule has 0 saturated carbocycles. The van der Waals surface area contributed by atoms with Crippen LogP contribution in [0, 0.1) is 9.85 Å². The van der Waals surface area contributed by atoms with Gasteiger partial charge in [-0.15, -0.1) is 0 Å². The Morgan fingerprint density at radius 3 is 3.00 bits per heavy atom. The molecular formula is C4H4INO3. The van der Waals surface area contributed by atoms with Gasteiger partial charge in [0.15, 0.2) is 0 Å². The molecule has 9 heavy (non-hydrogen) atoms. The van der Waals surface area contributed by atoms with Gasteiger partial charge in [-0.2, -0.15) is 5.26 Å². The van der Waals surface area contributed by atoms with E-state index in [1.165, 1.54) is 0 Å². The van der Waals surface area contributed by atoms with Crippen molar-refractivity contribution >= 4 is 28.7 Å². The van der Waals surface area contributed by atoms with Crippen LogP contribution in [0.3, 0.4) is 0 Å². The molecule has 0 spiro atoms. The Morgan fingerprint density at radius 2 is 2.56 bits per heavy atom. The lowest BCUT2D eigenvalue weighted by Gasteiger charge is -1.92. The van der Waals surface area contributed by atoms with E-state index in [1.54, 1.807) is 0 Å². The van der Waals surface area contributed by atoms with Crippen LogP contribution in [0.1, 0.15) is 0 Å². The van der Waals surface area contributed by atoms with Crippen molar-refractivity contribution in [2.75, 3.05) is 6.54 Å². The Bertz CT molecular complexity index is 148. The highest BCUT2D eigenvalue weighted by Gasteiger charge is 1.93. The van der Waals surface area contributed by atoms with E-state index in [9.17, 15) is 4.79 Å². The van der Waals surface area contributed by atoms with E-state index in [4.69, 9.17) is 5.26 Å². The average molecular weight is 241 g/mol. The van der Waals surface area contributed by atoms with Gasteiger partial charge in [0.1, 0.15) is 0 Å². The number of hydrogen-bond donors (Lipinski definition) is 2. The molecule has 5 heteroatoms. The van der Waals surface area contributed by atoms with Crippen LogP contribution >= 0.6 is 22.6 Å². The lowest BCUT2D eigenvalue weighted by atomic mass is 10.7. The van der Waals surface area contributed by atoms with Crippen molar-refractivity contribution in [1.29, 1.82) is 0 Å². The molecule has 0 rings (SSSR count). The minimum absolute atomic E-state index is 0.183. The molecule has 4 nitrogen and oxygen atoms in total. The third-order valence-corrected chi connectivity index (χ3v) is 0.852. The van der Waals surface area contributed by atoms with E-state index in [0.29, 0.717) is 0 Å². The van der Waals surface area contributed by atoms with Gasteiger partial charge in [-0.3, -0.25) is 4.89 Å². The lowest BCUT2D eigenvalue weighted by molar-refractivity contribution is -0.177. The smallest absolute Gasteiger partial charge is 0.308 e. The highest BCUT2D eigenvalue weighted by molar-refractivity contribution is 14.1. The number of rotatable bonds is 1. The monoisotopic (exact) mass is 241 g/mol.